The van der Waals surface area contributed by atoms with Gasteiger partial charge in [0, 0.05) is 6.54 Å². The van der Waals surface area contributed by atoms with Gasteiger partial charge >= 0.3 is 7.82 Å². The van der Waals surface area contributed by atoms with Crippen LogP contribution in [0.3, 0.4) is 0 Å². The summed E-state index contributed by atoms with van der Waals surface area (Å²) in [5.74, 6) is -0.885. The van der Waals surface area contributed by atoms with Crippen LogP contribution in [-0.4, -0.2) is 48.3 Å². The molecule has 0 bridgehead atoms. The summed E-state index contributed by atoms with van der Waals surface area (Å²) in [4.78, 5) is 20.7. The molecule has 9 heteroatoms. The average molecular weight is 298 g/mol. The van der Waals surface area contributed by atoms with Crippen molar-refractivity contribution in [3.05, 3.63) is 0 Å². The molecule has 0 aromatic carbocycles. The summed E-state index contributed by atoms with van der Waals surface area (Å²) >= 11 is 0. The first-order valence-electron chi connectivity index (χ1n) is 6.06. The lowest BCUT2D eigenvalue weighted by molar-refractivity contribution is -0.126. The first kappa shape index (κ1) is 18.5. The van der Waals surface area contributed by atoms with Crippen molar-refractivity contribution in [2.75, 3.05) is 26.3 Å². The van der Waals surface area contributed by atoms with E-state index in [-0.39, 0.29) is 25.7 Å². The van der Waals surface area contributed by atoms with Gasteiger partial charge in [0.25, 0.3) is 0 Å². The van der Waals surface area contributed by atoms with Gasteiger partial charge in [0.1, 0.15) is 0 Å². The van der Waals surface area contributed by atoms with E-state index < -0.39 is 19.8 Å². The number of phosphoric ester groups is 1. The van der Waals surface area contributed by atoms with Crippen molar-refractivity contribution in [2.24, 2.45) is 11.7 Å². The molecule has 1 amide bonds. The third-order valence-electron chi connectivity index (χ3n) is 2.20. The first-order chi connectivity index (χ1) is 8.82. The molecule has 8 nitrogen and oxygen atoms in total. The molecule has 0 aliphatic carbocycles. The molecule has 0 aromatic rings. The zero-order chi connectivity index (χ0) is 14.9. The maximum atomic E-state index is 11.5. The second kappa shape index (κ2) is 9.41. The van der Waals surface area contributed by atoms with Gasteiger partial charge < -0.3 is 21.1 Å². The summed E-state index contributed by atoms with van der Waals surface area (Å²) < 4.78 is 20.9. The molecule has 0 saturated carbocycles. The van der Waals surface area contributed by atoms with E-state index in [1.54, 1.807) is 6.92 Å². The third kappa shape index (κ3) is 9.10. The van der Waals surface area contributed by atoms with Gasteiger partial charge in [-0.1, -0.05) is 6.92 Å². The number of nitrogens with two attached hydrogens (primary N) is 1. The van der Waals surface area contributed by atoms with Crippen LogP contribution in [0.5, 0.6) is 0 Å². The standard InChI is InChI=1S/C10H23N2O6P/c1-8(7-13)10(14)12-6-9(2)18-19(15,16)17-5-3-4-11/h8-9,13H,3-7,11H2,1-2H3,(H,12,14)(H,15,16). The Kier molecular flexibility index (Phi) is 9.16. The molecular weight excluding hydrogens is 275 g/mol. The van der Waals surface area contributed by atoms with Crippen molar-refractivity contribution >= 4 is 13.7 Å². The Balaban J connectivity index is 3.99. The number of hydrogen-bond acceptors (Lipinski definition) is 6. The van der Waals surface area contributed by atoms with Gasteiger partial charge in [-0.2, -0.15) is 0 Å². The molecule has 114 valence electrons. The van der Waals surface area contributed by atoms with Gasteiger partial charge in [-0.05, 0) is 19.9 Å². The van der Waals surface area contributed by atoms with Crippen molar-refractivity contribution in [1.82, 2.24) is 5.32 Å². The lowest BCUT2D eigenvalue weighted by atomic mass is 10.2. The summed E-state index contributed by atoms with van der Waals surface area (Å²) in [6.45, 7) is 3.26. The van der Waals surface area contributed by atoms with Crippen molar-refractivity contribution in [3.8, 4) is 0 Å². The van der Waals surface area contributed by atoms with E-state index in [4.69, 9.17) is 15.4 Å². The molecular formula is C10H23N2O6P. The van der Waals surface area contributed by atoms with Crippen molar-refractivity contribution < 1.29 is 28.4 Å². The molecule has 0 heterocycles. The summed E-state index contributed by atoms with van der Waals surface area (Å²) in [6, 6.07) is 0. The van der Waals surface area contributed by atoms with Crippen LogP contribution in [0.15, 0.2) is 0 Å². The predicted molar refractivity (Wildman–Crippen MR) is 69.3 cm³/mol. The smallest absolute Gasteiger partial charge is 0.396 e. The van der Waals surface area contributed by atoms with Gasteiger partial charge in [0.15, 0.2) is 0 Å². The van der Waals surface area contributed by atoms with E-state index in [0.717, 1.165) is 0 Å². The lowest BCUT2D eigenvalue weighted by Gasteiger charge is -2.18. The number of phosphoric acid groups is 1. The summed E-state index contributed by atoms with van der Waals surface area (Å²) in [5, 5.41) is 11.3. The molecule has 0 rings (SSSR count). The number of rotatable bonds is 10. The number of aliphatic hydroxyl groups excluding tert-OH is 1. The van der Waals surface area contributed by atoms with Crippen molar-refractivity contribution in [2.45, 2.75) is 26.4 Å². The molecule has 0 aliphatic heterocycles. The normalized spacial score (nSPS) is 17.5. The van der Waals surface area contributed by atoms with Gasteiger partial charge in [0.05, 0.1) is 25.2 Å². The molecule has 0 aromatic heterocycles. The van der Waals surface area contributed by atoms with E-state index >= 15 is 0 Å². The highest BCUT2D eigenvalue weighted by molar-refractivity contribution is 7.47. The lowest BCUT2D eigenvalue weighted by Crippen LogP contribution is -2.36. The summed E-state index contributed by atoms with van der Waals surface area (Å²) in [7, 11) is -4.13. The fraction of sp³-hybridized carbons (Fsp3) is 0.900. The van der Waals surface area contributed by atoms with Crippen LogP contribution < -0.4 is 11.1 Å². The van der Waals surface area contributed by atoms with Crippen LogP contribution in [-0.2, 0) is 18.4 Å². The van der Waals surface area contributed by atoms with Gasteiger partial charge in [-0.3, -0.25) is 13.8 Å². The molecule has 0 aliphatic rings. The van der Waals surface area contributed by atoms with Gasteiger partial charge in [-0.25, -0.2) is 4.57 Å². The Labute approximate surface area is 112 Å². The van der Waals surface area contributed by atoms with Crippen LogP contribution in [0.1, 0.15) is 20.3 Å². The van der Waals surface area contributed by atoms with Crippen molar-refractivity contribution in [1.29, 1.82) is 0 Å². The Morgan fingerprint density at radius 2 is 2.11 bits per heavy atom. The van der Waals surface area contributed by atoms with Crippen LogP contribution in [0.4, 0.5) is 0 Å². The van der Waals surface area contributed by atoms with E-state index in [0.29, 0.717) is 13.0 Å². The largest absolute Gasteiger partial charge is 0.472 e. The molecule has 0 radical (unpaired) electrons. The minimum atomic E-state index is -4.13. The van der Waals surface area contributed by atoms with Gasteiger partial charge in [-0.15, -0.1) is 0 Å². The average Bonchev–Trinajstić information content (AvgIpc) is 2.34. The fourth-order valence-corrected chi connectivity index (χ4v) is 2.01. The molecule has 0 spiro atoms. The molecule has 0 fully saturated rings. The maximum absolute atomic E-state index is 11.5. The second-order valence-electron chi connectivity index (χ2n) is 4.19. The number of hydrogen-bond donors (Lipinski definition) is 4. The van der Waals surface area contributed by atoms with E-state index in [2.05, 4.69) is 9.84 Å². The number of carbonyl (C=O) groups excluding carboxylic acids is 1. The highest BCUT2D eigenvalue weighted by Gasteiger charge is 2.24. The number of nitrogens with one attached hydrogen (secondary N) is 1. The van der Waals surface area contributed by atoms with E-state index in [1.165, 1.54) is 6.92 Å². The second-order valence-corrected chi connectivity index (χ2v) is 5.59. The quantitative estimate of drug-likeness (QED) is 0.319. The Morgan fingerprint density at radius 1 is 1.47 bits per heavy atom. The van der Waals surface area contributed by atoms with Crippen LogP contribution >= 0.6 is 7.82 Å². The summed E-state index contributed by atoms with van der Waals surface area (Å²) in [5.41, 5.74) is 5.22. The van der Waals surface area contributed by atoms with Crippen LogP contribution in [0, 0.1) is 5.92 Å². The van der Waals surface area contributed by atoms with Crippen LogP contribution in [0.2, 0.25) is 0 Å². The van der Waals surface area contributed by atoms with E-state index in [9.17, 15) is 14.3 Å². The highest BCUT2D eigenvalue weighted by atomic mass is 31.2. The topological polar surface area (TPSA) is 131 Å². The Bertz CT molecular complexity index is 314. The minimum absolute atomic E-state index is 0.0326. The molecule has 5 N–H and O–H groups in total. The fourth-order valence-electron chi connectivity index (χ4n) is 1.06. The number of amides is 1. The van der Waals surface area contributed by atoms with Crippen LogP contribution in [0.25, 0.3) is 0 Å². The minimum Gasteiger partial charge on any atom is -0.396 e. The maximum Gasteiger partial charge on any atom is 0.472 e. The molecule has 3 unspecified atom stereocenters. The highest BCUT2D eigenvalue weighted by Crippen LogP contribution is 2.44. The zero-order valence-corrected chi connectivity index (χ0v) is 12.1. The third-order valence-corrected chi connectivity index (χ3v) is 3.34. The number of aliphatic hydroxyl groups is 1. The summed E-state index contributed by atoms with van der Waals surface area (Å²) in [6.07, 6.45) is -0.240. The molecule has 19 heavy (non-hydrogen) atoms. The molecule has 0 saturated heterocycles. The Morgan fingerprint density at radius 3 is 2.63 bits per heavy atom. The predicted octanol–water partition coefficient (Wildman–Crippen LogP) is -0.398. The molecule has 3 atom stereocenters. The van der Waals surface area contributed by atoms with E-state index in [1.807, 2.05) is 0 Å². The number of carbonyl (C=O) groups is 1. The van der Waals surface area contributed by atoms with Crippen molar-refractivity contribution in [3.63, 3.8) is 0 Å². The van der Waals surface area contributed by atoms with Gasteiger partial charge in [0.2, 0.25) is 5.91 Å². The SMILES string of the molecule is CC(CNC(=O)C(C)CO)OP(=O)(O)OCCCN. The monoisotopic (exact) mass is 298 g/mol. The zero-order valence-electron chi connectivity index (χ0n) is 11.2. The Hall–Kier alpha value is -0.500. The first-order valence-corrected chi connectivity index (χ1v) is 7.56.